The van der Waals surface area contributed by atoms with Crippen LogP contribution in [0, 0.1) is 5.92 Å². The molecule has 104 valence electrons. The normalized spacial score (nSPS) is 11.7. The number of aryl methyl sites for hydroxylation is 1. The first-order chi connectivity index (χ1) is 9.04. The topological polar surface area (TPSA) is 25.2 Å². The lowest BCUT2D eigenvalue weighted by Crippen LogP contribution is -2.19. The third-order valence-electron chi connectivity index (χ3n) is 3.13. The van der Waals surface area contributed by atoms with Gasteiger partial charge in [-0.1, -0.05) is 44.0 Å². The molecule has 0 aliphatic heterocycles. The molecule has 0 unspecified atom stereocenters. The van der Waals surface area contributed by atoms with Crippen molar-refractivity contribution in [2.45, 2.75) is 33.7 Å². The van der Waals surface area contributed by atoms with Gasteiger partial charge in [0, 0.05) is 10.9 Å². The van der Waals surface area contributed by atoms with E-state index in [1.807, 2.05) is 12.1 Å². The van der Waals surface area contributed by atoms with Crippen LogP contribution in [-0.2, 0) is 13.0 Å². The Kier molecular flexibility index (Phi) is 4.77. The van der Waals surface area contributed by atoms with Gasteiger partial charge in [-0.25, -0.2) is 0 Å². The minimum atomic E-state index is 0.504. The van der Waals surface area contributed by atoms with Crippen molar-refractivity contribution in [2.24, 2.45) is 5.92 Å². The molecule has 0 atom stereocenters. The van der Waals surface area contributed by atoms with Crippen LogP contribution in [-0.4, -0.2) is 6.54 Å². The molecule has 1 aromatic heterocycles. The first-order valence-corrected chi connectivity index (χ1v) is 7.39. The van der Waals surface area contributed by atoms with E-state index in [1.54, 1.807) is 0 Å². The van der Waals surface area contributed by atoms with E-state index in [0.717, 1.165) is 30.7 Å². The van der Waals surface area contributed by atoms with E-state index in [2.05, 4.69) is 26.1 Å². The van der Waals surface area contributed by atoms with Gasteiger partial charge in [0.2, 0.25) is 0 Å². The molecule has 19 heavy (non-hydrogen) atoms. The lowest BCUT2D eigenvalue weighted by Gasteiger charge is -2.06. The summed E-state index contributed by atoms with van der Waals surface area (Å²) in [5.74, 6) is 1.58. The minimum absolute atomic E-state index is 0.504. The second kappa shape index (κ2) is 6.17. The van der Waals surface area contributed by atoms with Crippen molar-refractivity contribution in [3.8, 4) is 0 Å². The number of hydrogen-bond donors (Lipinski definition) is 1. The number of nitrogens with one attached hydrogen (secondary N) is 1. The quantitative estimate of drug-likeness (QED) is 0.836. The van der Waals surface area contributed by atoms with Crippen molar-refractivity contribution < 1.29 is 4.42 Å². The molecule has 0 aliphatic rings. The second-order valence-corrected chi connectivity index (χ2v) is 5.91. The molecule has 0 spiro atoms. The molecule has 1 N–H and O–H groups in total. The molecular weight excluding hydrogens is 281 g/mol. The molecule has 0 saturated heterocycles. The lowest BCUT2D eigenvalue weighted by atomic mass is 10.1. The summed E-state index contributed by atoms with van der Waals surface area (Å²) in [7, 11) is 0. The fourth-order valence-electron chi connectivity index (χ4n) is 2.21. The molecule has 2 rings (SSSR count). The highest BCUT2D eigenvalue weighted by Crippen LogP contribution is 2.36. The third kappa shape index (κ3) is 3.07. The summed E-state index contributed by atoms with van der Waals surface area (Å²) in [6.45, 7) is 8.18. The zero-order valence-corrected chi connectivity index (χ0v) is 13.0. The molecule has 1 heterocycles. The zero-order valence-electron chi connectivity index (χ0n) is 11.5. The van der Waals surface area contributed by atoms with E-state index >= 15 is 0 Å². The molecule has 0 radical (unpaired) electrons. The van der Waals surface area contributed by atoms with Gasteiger partial charge >= 0.3 is 0 Å². The summed E-state index contributed by atoms with van der Waals surface area (Å²) >= 11 is 12.2. The molecule has 4 heteroatoms. The summed E-state index contributed by atoms with van der Waals surface area (Å²) < 4.78 is 5.90. The molecule has 0 amide bonds. The van der Waals surface area contributed by atoms with Gasteiger partial charge in [-0.05, 0) is 31.0 Å². The summed E-state index contributed by atoms with van der Waals surface area (Å²) in [4.78, 5) is 0. The van der Waals surface area contributed by atoms with E-state index in [-0.39, 0.29) is 0 Å². The zero-order chi connectivity index (χ0) is 14.0. The van der Waals surface area contributed by atoms with Gasteiger partial charge in [-0.3, -0.25) is 0 Å². The van der Waals surface area contributed by atoms with Crippen LogP contribution in [0.5, 0.6) is 0 Å². The van der Waals surface area contributed by atoms with Crippen molar-refractivity contribution in [3.63, 3.8) is 0 Å². The molecule has 2 aromatic rings. The largest absolute Gasteiger partial charge is 0.458 e. The maximum atomic E-state index is 6.21. The molecule has 2 nitrogen and oxygen atoms in total. The number of hydrogen-bond acceptors (Lipinski definition) is 2. The van der Waals surface area contributed by atoms with Gasteiger partial charge in [0.25, 0.3) is 0 Å². The van der Waals surface area contributed by atoms with Crippen molar-refractivity contribution in [1.29, 1.82) is 0 Å². The average Bonchev–Trinajstić information content (AvgIpc) is 2.72. The van der Waals surface area contributed by atoms with E-state index in [0.29, 0.717) is 21.5 Å². The Hall–Kier alpha value is -0.700. The number of halogens is 2. The van der Waals surface area contributed by atoms with Gasteiger partial charge in [0.05, 0.1) is 11.6 Å². The fourth-order valence-corrected chi connectivity index (χ4v) is 2.56. The summed E-state index contributed by atoms with van der Waals surface area (Å²) in [6.07, 6.45) is 0.920. The lowest BCUT2D eigenvalue weighted by molar-refractivity contribution is 0.481. The van der Waals surface area contributed by atoms with Crippen LogP contribution in [0.15, 0.2) is 16.5 Å². The van der Waals surface area contributed by atoms with Crippen LogP contribution in [0.3, 0.4) is 0 Å². The fraction of sp³-hybridized carbons (Fsp3) is 0.467. The van der Waals surface area contributed by atoms with Crippen LogP contribution in [0.4, 0.5) is 0 Å². The van der Waals surface area contributed by atoms with Crippen molar-refractivity contribution in [3.05, 3.63) is 33.5 Å². The van der Waals surface area contributed by atoms with Crippen LogP contribution >= 0.6 is 23.2 Å². The van der Waals surface area contributed by atoms with Crippen LogP contribution < -0.4 is 5.32 Å². The molecule has 0 bridgehead atoms. The SMILES string of the molecule is CCc1c(CNCC(C)C)oc2c(Cl)c(Cl)ccc12. The van der Waals surface area contributed by atoms with Crippen molar-refractivity contribution >= 4 is 34.2 Å². The Bertz CT molecular complexity index is 575. The molecule has 0 saturated carbocycles. The minimum Gasteiger partial charge on any atom is -0.458 e. The Balaban J connectivity index is 2.35. The molecule has 0 fully saturated rings. The van der Waals surface area contributed by atoms with Gasteiger partial charge in [-0.15, -0.1) is 0 Å². The van der Waals surface area contributed by atoms with Crippen molar-refractivity contribution in [1.82, 2.24) is 5.32 Å². The predicted molar refractivity (Wildman–Crippen MR) is 82.2 cm³/mol. The highest BCUT2D eigenvalue weighted by Gasteiger charge is 2.16. The Morgan fingerprint density at radius 2 is 2.00 bits per heavy atom. The number of furan rings is 1. The summed E-state index contributed by atoms with van der Waals surface area (Å²) in [5.41, 5.74) is 1.91. The van der Waals surface area contributed by atoms with Crippen LogP contribution in [0.25, 0.3) is 11.0 Å². The maximum absolute atomic E-state index is 6.21. The molecule has 1 aromatic carbocycles. The highest BCUT2D eigenvalue weighted by atomic mass is 35.5. The molecular formula is C15H19Cl2NO. The Morgan fingerprint density at radius 1 is 1.26 bits per heavy atom. The van der Waals surface area contributed by atoms with Gasteiger partial charge in [-0.2, -0.15) is 0 Å². The summed E-state index contributed by atoms with van der Waals surface area (Å²) in [5, 5.41) is 5.51. The van der Waals surface area contributed by atoms with Crippen LogP contribution in [0.2, 0.25) is 10.0 Å². The first kappa shape index (κ1) is 14.7. The smallest absolute Gasteiger partial charge is 0.154 e. The Labute approximate surface area is 124 Å². The van der Waals surface area contributed by atoms with Gasteiger partial charge in [0.1, 0.15) is 10.8 Å². The summed E-state index contributed by atoms with van der Waals surface area (Å²) in [6, 6.07) is 3.81. The highest BCUT2D eigenvalue weighted by molar-refractivity contribution is 6.44. The number of fused-ring (bicyclic) bond motifs is 1. The average molecular weight is 300 g/mol. The monoisotopic (exact) mass is 299 g/mol. The maximum Gasteiger partial charge on any atom is 0.154 e. The van der Waals surface area contributed by atoms with E-state index in [4.69, 9.17) is 27.6 Å². The number of rotatable bonds is 5. The van der Waals surface area contributed by atoms with E-state index in [9.17, 15) is 0 Å². The predicted octanol–water partition coefficient (Wildman–Crippen LogP) is 5.05. The van der Waals surface area contributed by atoms with Gasteiger partial charge < -0.3 is 9.73 Å². The van der Waals surface area contributed by atoms with E-state index in [1.165, 1.54) is 5.56 Å². The molecule has 0 aliphatic carbocycles. The van der Waals surface area contributed by atoms with Crippen molar-refractivity contribution in [2.75, 3.05) is 6.54 Å². The van der Waals surface area contributed by atoms with E-state index < -0.39 is 0 Å². The van der Waals surface area contributed by atoms with Crippen LogP contribution in [0.1, 0.15) is 32.1 Å². The number of benzene rings is 1. The second-order valence-electron chi connectivity index (χ2n) is 5.12. The first-order valence-electron chi connectivity index (χ1n) is 6.63. The third-order valence-corrected chi connectivity index (χ3v) is 3.92. The standard InChI is InChI=1S/C15H19Cl2NO/c1-4-10-11-5-6-12(16)14(17)15(11)19-13(10)8-18-7-9(2)3/h5-6,9,18H,4,7-8H2,1-3H3. The van der Waals surface area contributed by atoms with Gasteiger partial charge in [0.15, 0.2) is 5.58 Å². The Morgan fingerprint density at radius 3 is 2.63 bits per heavy atom.